The molecule has 0 saturated carbocycles. The molecular weight excluding hydrogens is 504 g/mol. The Bertz CT molecular complexity index is 1890. The van der Waals surface area contributed by atoms with Gasteiger partial charge in [0, 0.05) is 11.8 Å². The zero-order valence-corrected chi connectivity index (χ0v) is 24.7. The molecule has 6 aromatic rings. The summed E-state index contributed by atoms with van der Waals surface area (Å²) in [6, 6.07) is 44.3. The van der Waals surface area contributed by atoms with E-state index in [-0.39, 0.29) is 13.4 Å². The molecule has 0 atom stereocenters. The van der Waals surface area contributed by atoms with Gasteiger partial charge in [-0.3, -0.25) is 4.98 Å². The summed E-state index contributed by atoms with van der Waals surface area (Å²) in [4.78, 5) is 4.96. The average molecular weight is 537 g/mol. The summed E-state index contributed by atoms with van der Waals surface area (Å²) >= 11 is 0. The molecule has 42 heavy (non-hydrogen) atoms. The van der Waals surface area contributed by atoms with E-state index < -0.39 is 0 Å². The minimum atomic E-state index is 0.128. The second-order valence-electron chi connectivity index (χ2n) is 11.7. The molecule has 1 aromatic heterocycles. The second-order valence-corrected chi connectivity index (χ2v) is 11.7. The quantitative estimate of drug-likeness (QED) is 0.289. The summed E-state index contributed by atoms with van der Waals surface area (Å²) in [7, 11) is 0. The lowest BCUT2D eigenvalue weighted by Gasteiger charge is -2.35. The Kier molecular flexibility index (Phi) is 6.67. The van der Waals surface area contributed by atoms with Gasteiger partial charge in [0.25, 0.3) is 0 Å². The van der Waals surface area contributed by atoms with Crippen LogP contribution in [0, 0.1) is 27.7 Å². The van der Waals surface area contributed by atoms with Crippen molar-refractivity contribution in [3.8, 4) is 22.4 Å². The number of benzene rings is 5. The van der Waals surface area contributed by atoms with Gasteiger partial charge in [0.1, 0.15) is 0 Å². The van der Waals surface area contributed by atoms with Gasteiger partial charge >= 0.3 is 0 Å². The summed E-state index contributed by atoms with van der Waals surface area (Å²) in [6.07, 6.45) is 2.06. The molecule has 200 valence electrons. The van der Waals surface area contributed by atoms with Gasteiger partial charge in [-0.25, -0.2) is 0 Å². The van der Waals surface area contributed by atoms with Crippen molar-refractivity contribution in [2.24, 2.45) is 0 Å². The van der Waals surface area contributed by atoms with E-state index in [1.54, 1.807) is 0 Å². The Morgan fingerprint density at radius 1 is 0.405 bits per heavy atom. The zero-order valence-electron chi connectivity index (χ0n) is 24.7. The number of nitrogens with zero attached hydrogens (tertiary/aromatic N) is 1. The minimum absolute atomic E-state index is 0.128. The number of hydrogen-bond acceptors (Lipinski definition) is 1. The number of aromatic nitrogens is 1. The summed E-state index contributed by atoms with van der Waals surface area (Å²) in [5.41, 5.74) is 18.3. The molecular formula is C39H33B2N. The monoisotopic (exact) mass is 537 g/mol. The molecule has 0 bridgehead atoms. The van der Waals surface area contributed by atoms with Crippen LogP contribution >= 0.6 is 0 Å². The van der Waals surface area contributed by atoms with Crippen LogP contribution in [-0.2, 0) is 0 Å². The van der Waals surface area contributed by atoms with Crippen LogP contribution in [0.1, 0.15) is 22.3 Å². The van der Waals surface area contributed by atoms with Gasteiger partial charge in [-0.1, -0.05) is 170 Å². The molecule has 0 unspecified atom stereocenters. The predicted molar refractivity (Wildman–Crippen MR) is 183 cm³/mol. The van der Waals surface area contributed by atoms with Crippen LogP contribution < -0.4 is 32.8 Å². The largest absolute Gasteiger partial charge is 0.256 e. The molecule has 5 aromatic carbocycles. The van der Waals surface area contributed by atoms with Crippen molar-refractivity contribution in [2.45, 2.75) is 27.7 Å². The van der Waals surface area contributed by atoms with E-state index in [0.29, 0.717) is 0 Å². The highest BCUT2D eigenvalue weighted by Gasteiger charge is 2.41. The second kappa shape index (κ2) is 10.7. The van der Waals surface area contributed by atoms with Crippen LogP contribution in [0.2, 0.25) is 0 Å². The zero-order chi connectivity index (χ0) is 28.8. The van der Waals surface area contributed by atoms with E-state index >= 15 is 0 Å². The van der Waals surface area contributed by atoms with Gasteiger partial charge in [0.05, 0.1) is 5.69 Å². The van der Waals surface area contributed by atoms with Crippen LogP contribution in [0.25, 0.3) is 22.4 Å². The van der Waals surface area contributed by atoms with E-state index in [1.165, 1.54) is 60.6 Å². The van der Waals surface area contributed by atoms with Gasteiger partial charge in [-0.15, -0.1) is 0 Å². The maximum atomic E-state index is 4.96. The first-order valence-corrected chi connectivity index (χ1v) is 14.9. The summed E-state index contributed by atoms with van der Waals surface area (Å²) in [5.74, 6) is 0. The van der Waals surface area contributed by atoms with Crippen LogP contribution in [0.4, 0.5) is 0 Å². The van der Waals surface area contributed by atoms with Gasteiger partial charge in [0.2, 0.25) is 13.4 Å². The summed E-state index contributed by atoms with van der Waals surface area (Å²) in [5, 5.41) is 0. The number of hydrogen-bond donors (Lipinski definition) is 0. The maximum Gasteiger partial charge on any atom is 0.241 e. The molecule has 1 nitrogen and oxygen atoms in total. The van der Waals surface area contributed by atoms with E-state index in [1.807, 2.05) is 6.07 Å². The van der Waals surface area contributed by atoms with Crippen molar-refractivity contribution in [1.82, 2.24) is 4.98 Å². The number of fused-ring (bicyclic) bond motifs is 2. The molecule has 1 aliphatic rings. The molecule has 0 fully saturated rings. The average Bonchev–Trinajstić information content (AvgIpc) is 3.02. The summed E-state index contributed by atoms with van der Waals surface area (Å²) < 4.78 is 0. The Labute approximate surface area is 250 Å². The molecule has 0 aliphatic carbocycles. The highest BCUT2D eigenvalue weighted by molar-refractivity contribution is 7.12. The lowest BCUT2D eigenvalue weighted by molar-refractivity contribution is 1.33. The van der Waals surface area contributed by atoms with Crippen LogP contribution in [0.5, 0.6) is 0 Å². The number of pyridine rings is 1. The van der Waals surface area contributed by atoms with Crippen molar-refractivity contribution < 1.29 is 0 Å². The molecule has 0 spiro atoms. The standard InChI is InChI=1S/C39H33B2N/c1-26-13-10-14-27(2)37(26)40-33-20-8-9-21-34(33)41(38-28(3)15-11-16-29(38)4)39-32(19-12-22-35(39)40)31-23-24-36(42-25-31)30-17-6-5-7-18-30/h5-25H,1-4H3. The third-order valence-corrected chi connectivity index (χ3v) is 9.16. The van der Waals surface area contributed by atoms with Crippen LogP contribution in [0.3, 0.4) is 0 Å². The van der Waals surface area contributed by atoms with Crippen molar-refractivity contribution in [1.29, 1.82) is 0 Å². The fourth-order valence-corrected chi connectivity index (χ4v) is 7.28. The van der Waals surface area contributed by atoms with E-state index in [0.717, 1.165) is 16.8 Å². The third kappa shape index (κ3) is 4.32. The van der Waals surface area contributed by atoms with Gasteiger partial charge in [-0.2, -0.15) is 0 Å². The number of rotatable bonds is 4. The van der Waals surface area contributed by atoms with Gasteiger partial charge in [-0.05, 0) is 44.9 Å². The lowest BCUT2D eigenvalue weighted by atomic mass is 9.20. The molecule has 0 saturated heterocycles. The minimum Gasteiger partial charge on any atom is -0.256 e. The topological polar surface area (TPSA) is 12.9 Å². The molecule has 0 amide bonds. The van der Waals surface area contributed by atoms with Crippen molar-refractivity contribution in [3.63, 3.8) is 0 Å². The SMILES string of the molecule is Cc1cccc(C)c1B1c2ccccc2B(c2c(C)cccc2C)c2c1cccc2-c1ccc(-c2ccccc2)nc1. The Morgan fingerprint density at radius 3 is 1.52 bits per heavy atom. The normalized spacial score (nSPS) is 12.2. The molecule has 2 heterocycles. The Hall–Kier alpha value is -4.62. The van der Waals surface area contributed by atoms with E-state index in [2.05, 4.69) is 149 Å². The van der Waals surface area contributed by atoms with Crippen LogP contribution in [0.15, 0.2) is 128 Å². The first-order chi connectivity index (χ1) is 20.5. The molecule has 1 aliphatic heterocycles. The van der Waals surface area contributed by atoms with Crippen molar-refractivity contribution in [2.75, 3.05) is 0 Å². The van der Waals surface area contributed by atoms with Crippen LogP contribution in [-0.4, -0.2) is 18.4 Å². The lowest BCUT2D eigenvalue weighted by Crippen LogP contribution is -2.76. The Balaban J connectivity index is 1.53. The molecule has 0 radical (unpaired) electrons. The molecule has 3 heteroatoms. The third-order valence-electron chi connectivity index (χ3n) is 9.16. The highest BCUT2D eigenvalue weighted by Crippen LogP contribution is 2.23. The predicted octanol–water partition coefficient (Wildman–Crippen LogP) is 5.00. The molecule has 0 N–H and O–H groups in total. The summed E-state index contributed by atoms with van der Waals surface area (Å²) in [6.45, 7) is 9.34. The first-order valence-electron chi connectivity index (χ1n) is 14.9. The molecule has 7 rings (SSSR count). The maximum absolute atomic E-state index is 4.96. The number of aryl methyl sites for hydroxylation is 4. The first kappa shape index (κ1) is 26.3. The fraction of sp³-hybridized carbons (Fsp3) is 0.103. The van der Waals surface area contributed by atoms with E-state index in [4.69, 9.17) is 4.98 Å². The van der Waals surface area contributed by atoms with Crippen molar-refractivity contribution >= 4 is 46.2 Å². The van der Waals surface area contributed by atoms with Crippen molar-refractivity contribution in [3.05, 3.63) is 150 Å². The smallest absolute Gasteiger partial charge is 0.241 e. The highest BCUT2D eigenvalue weighted by atomic mass is 14.7. The van der Waals surface area contributed by atoms with Gasteiger partial charge in [0.15, 0.2) is 0 Å². The van der Waals surface area contributed by atoms with Gasteiger partial charge < -0.3 is 0 Å². The fourth-order valence-electron chi connectivity index (χ4n) is 7.28. The van der Waals surface area contributed by atoms with E-state index in [9.17, 15) is 0 Å². The Morgan fingerprint density at radius 2 is 0.929 bits per heavy atom.